The van der Waals surface area contributed by atoms with E-state index in [-0.39, 0.29) is 18.2 Å². The van der Waals surface area contributed by atoms with Crippen LogP contribution in [0.3, 0.4) is 0 Å². The molecule has 1 aliphatic heterocycles. The van der Waals surface area contributed by atoms with Gasteiger partial charge in [-0.15, -0.1) is 0 Å². The smallest absolute Gasteiger partial charge is 0.242 e. The molecule has 0 unspecified atom stereocenters. The van der Waals surface area contributed by atoms with Gasteiger partial charge < -0.3 is 5.32 Å². The van der Waals surface area contributed by atoms with Crippen molar-refractivity contribution in [2.75, 3.05) is 12.4 Å². The highest BCUT2D eigenvalue weighted by Crippen LogP contribution is 2.32. The highest BCUT2D eigenvalue weighted by molar-refractivity contribution is 8.15. The number of amides is 2. The minimum Gasteiger partial charge on any atom is -0.326 e. The molecule has 1 aliphatic rings. The van der Waals surface area contributed by atoms with Crippen molar-refractivity contribution in [3.63, 3.8) is 0 Å². The number of hydrogen-bond donors (Lipinski definition) is 1. The summed E-state index contributed by atoms with van der Waals surface area (Å²) in [7, 11) is 1.71. The molecule has 140 valence electrons. The summed E-state index contributed by atoms with van der Waals surface area (Å²) in [4.78, 5) is 31.1. The fraction of sp³-hybridized carbons (Fsp3) is 0.286. The van der Waals surface area contributed by atoms with Crippen LogP contribution in [0.15, 0.2) is 47.5 Å². The van der Waals surface area contributed by atoms with E-state index in [2.05, 4.69) is 10.3 Å². The summed E-state index contributed by atoms with van der Waals surface area (Å²) in [6.45, 7) is 6.00. The lowest BCUT2D eigenvalue weighted by molar-refractivity contribution is -0.127. The lowest BCUT2D eigenvalue weighted by Crippen LogP contribution is -2.30. The molecule has 2 aromatic rings. The third kappa shape index (κ3) is 4.57. The Labute approximate surface area is 163 Å². The minimum atomic E-state index is -0.454. The summed E-state index contributed by atoms with van der Waals surface area (Å²) in [6.07, 6.45) is 0.119. The van der Waals surface area contributed by atoms with Gasteiger partial charge in [0.2, 0.25) is 11.8 Å². The normalized spacial score (nSPS) is 18.2. The summed E-state index contributed by atoms with van der Waals surface area (Å²) in [5.74, 6) is -0.269. The Balaban J connectivity index is 1.70. The standard InChI is InChI=1S/C21H23N3O2S/c1-13-6-9-16(10-7-13)22-19(25)12-18-20(26)24(4)21(27-18)23-17-11-14(2)5-8-15(17)3/h5-11,18H,12H2,1-4H3,(H,22,25)/t18-/m1/s1. The van der Waals surface area contributed by atoms with E-state index >= 15 is 0 Å². The maximum Gasteiger partial charge on any atom is 0.242 e. The second-order valence-corrected chi connectivity index (χ2v) is 7.98. The van der Waals surface area contributed by atoms with Gasteiger partial charge >= 0.3 is 0 Å². The zero-order chi connectivity index (χ0) is 19.6. The molecule has 1 atom stereocenters. The van der Waals surface area contributed by atoms with Crippen LogP contribution in [0.5, 0.6) is 0 Å². The van der Waals surface area contributed by atoms with Gasteiger partial charge in [-0.3, -0.25) is 14.5 Å². The van der Waals surface area contributed by atoms with Crippen molar-refractivity contribution in [2.24, 2.45) is 4.99 Å². The van der Waals surface area contributed by atoms with Crippen LogP contribution in [0.2, 0.25) is 0 Å². The van der Waals surface area contributed by atoms with Gasteiger partial charge in [-0.05, 0) is 50.1 Å². The van der Waals surface area contributed by atoms with Crippen molar-refractivity contribution in [2.45, 2.75) is 32.4 Å². The van der Waals surface area contributed by atoms with Crippen molar-refractivity contribution < 1.29 is 9.59 Å². The average Bonchev–Trinajstić information content (AvgIpc) is 2.88. The van der Waals surface area contributed by atoms with E-state index in [0.29, 0.717) is 5.17 Å². The Morgan fingerprint density at radius 1 is 1.11 bits per heavy atom. The van der Waals surface area contributed by atoms with Gasteiger partial charge in [0.1, 0.15) is 5.25 Å². The highest BCUT2D eigenvalue weighted by atomic mass is 32.2. The Hall–Kier alpha value is -2.60. The maximum atomic E-state index is 12.5. The van der Waals surface area contributed by atoms with Crippen LogP contribution in [-0.2, 0) is 9.59 Å². The van der Waals surface area contributed by atoms with Gasteiger partial charge in [-0.1, -0.05) is 41.6 Å². The van der Waals surface area contributed by atoms with Crippen molar-refractivity contribution >= 4 is 40.1 Å². The number of aliphatic imine (C=N–C) groups is 1. The van der Waals surface area contributed by atoms with Crippen molar-refractivity contribution in [1.29, 1.82) is 0 Å². The molecular weight excluding hydrogens is 358 g/mol. The highest BCUT2D eigenvalue weighted by Gasteiger charge is 2.37. The van der Waals surface area contributed by atoms with Gasteiger partial charge in [-0.2, -0.15) is 0 Å². The third-order valence-electron chi connectivity index (χ3n) is 4.43. The van der Waals surface area contributed by atoms with Gasteiger partial charge in [0, 0.05) is 19.2 Å². The first-order chi connectivity index (χ1) is 12.8. The molecule has 27 heavy (non-hydrogen) atoms. The first-order valence-electron chi connectivity index (χ1n) is 8.80. The summed E-state index contributed by atoms with van der Waals surface area (Å²) in [5.41, 5.74) is 4.88. The predicted molar refractivity (Wildman–Crippen MR) is 112 cm³/mol. The Kier molecular flexibility index (Phi) is 5.65. The van der Waals surface area contributed by atoms with E-state index in [1.54, 1.807) is 7.05 Å². The molecular formula is C21H23N3O2S. The van der Waals surface area contributed by atoms with Crippen LogP contribution in [0.25, 0.3) is 0 Å². The number of rotatable bonds is 4. The fourth-order valence-corrected chi connectivity index (χ4v) is 3.90. The minimum absolute atomic E-state index is 0.0943. The van der Waals surface area contributed by atoms with E-state index in [1.807, 2.05) is 63.2 Å². The van der Waals surface area contributed by atoms with Crippen LogP contribution >= 0.6 is 11.8 Å². The van der Waals surface area contributed by atoms with Gasteiger partial charge in [0.25, 0.3) is 0 Å². The second-order valence-electron chi connectivity index (χ2n) is 6.81. The van der Waals surface area contributed by atoms with E-state index < -0.39 is 5.25 Å². The topological polar surface area (TPSA) is 61.8 Å². The molecule has 1 fully saturated rings. The first kappa shape index (κ1) is 19.2. The number of nitrogens with zero attached hydrogens (tertiary/aromatic N) is 2. The first-order valence-corrected chi connectivity index (χ1v) is 9.68. The number of thioether (sulfide) groups is 1. The third-order valence-corrected chi connectivity index (χ3v) is 5.66. The zero-order valence-corrected chi connectivity index (χ0v) is 16.8. The predicted octanol–water partition coefficient (Wildman–Crippen LogP) is 4.20. The number of carbonyl (C=O) groups is 2. The summed E-state index contributed by atoms with van der Waals surface area (Å²) in [6, 6.07) is 13.6. The van der Waals surface area contributed by atoms with Gasteiger partial charge in [-0.25, -0.2) is 4.99 Å². The van der Waals surface area contributed by atoms with Crippen LogP contribution in [0, 0.1) is 20.8 Å². The van der Waals surface area contributed by atoms with Crippen LogP contribution in [-0.4, -0.2) is 34.2 Å². The van der Waals surface area contributed by atoms with Crippen LogP contribution < -0.4 is 5.32 Å². The molecule has 0 saturated carbocycles. The molecule has 1 saturated heterocycles. The van der Waals surface area contributed by atoms with Crippen LogP contribution in [0.1, 0.15) is 23.1 Å². The molecule has 0 radical (unpaired) electrons. The van der Waals surface area contributed by atoms with E-state index in [0.717, 1.165) is 28.1 Å². The molecule has 1 N–H and O–H groups in total. The largest absolute Gasteiger partial charge is 0.326 e. The monoisotopic (exact) mass is 381 g/mol. The summed E-state index contributed by atoms with van der Waals surface area (Å²) >= 11 is 1.34. The molecule has 0 aliphatic carbocycles. The van der Waals surface area contributed by atoms with E-state index in [1.165, 1.54) is 16.7 Å². The van der Waals surface area contributed by atoms with Gasteiger partial charge in [0.15, 0.2) is 5.17 Å². The number of hydrogen-bond acceptors (Lipinski definition) is 4. The lowest BCUT2D eigenvalue weighted by Gasteiger charge is -2.10. The SMILES string of the molecule is Cc1ccc(NC(=O)C[C@H]2SC(=Nc3cc(C)ccc3C)N(C)C2=O)cc1. The Morgan fingerprint density at radius 2 is 1.78 bits per heavy atom. The van der Waals surface area contributed by atoms with E-state index in [4.69, 9.17) is 0 Å². The van der Waals surface area contributed by atoms with Crippen molar-refractivity contribution in [3.05, 3.63) is 59.2 Å². The lowest BCUT2D eigenvalue weighted by atomic mass is 10.1. The maximum absolute atomic E-state index is 12.5. The molecule has 3 rings (SSSR count). The molecule has 0 spiro atoms. The van der Waals surface area contributed by atoms with Crippen molar-refractivity contribution in [1.82, 2.24) is 4.90 Å². The summed E-state index contributed by atoms with van der Waals surface area (Å²) in [5, 5.41) is 3.02. The zero-order valence-electron chi connectivity index (χ0n) is 15.9. The quantitative estimate of drug-likeness (QED) is 0.863. The molecule has 2 aromatic carbocycles. The second kappa shape index (κ2) is 7.96. The number of nitrogens with one attached hydrogen (secondary N) is 1. The van der Waals surface area contributed by atoms with Crippen molar-refractivity contribution in [3.8, 4) is 0 Å². The number of carbonyl (C=O) groups excluding carboxylic acids is 2. The number of anilines is 1. The molecule has 0 bridgehead atoms. The molecule has 2 amide bonds. The van der Waals surface area contributed by atoms with Gasteiger partial charge in [0.05, 0.1) is 5.69 Å². The molecule has 6 heteroatoms. The Bertz CT molecular complexity index is 906. The fourth-order valence-electron chi connectivity index (χ4n) is 2.76. The average molecular weight is 382 g/mol. The molecule has 0 aromatic heterocycles. The molecule has 1 heterocycles. The number of benzene rings is 2. The Morgan fingerprint density at radius 3 is 2.48 bits per heavy atom. The van der Waals surface area contributed by atoms with E-state index in [9.17, 15) is 9.59 Å². The van der Waals surface area contributed by atoms with Crippen LogP contribution in [0.4, 0.5) is 11.4 Å². The molecule has 5 nitrogen and oxygen atoms in total. The number of aryl methyl sites for hydroxylation is 3. The summed E-state index contributed by atoms with van der Waals surface area (Å²) < 4.78 is 0. The number of amidine groups is 1.